The van der Waals surface area contributed by atoms with Crippen LogP contribution in [0.2, 0.25) is 0 Å². The minimum absolute atomic E-state index is 0.153. The third-order valence-corrected chi connectivity index (χ3v) is 3.00. The quantitative estimate of drug-likeness (QED) is 0.857. The molecule has 108 valence electrons. The van der Waals surface area contributed by atoms with Crippen LogP contribution in [0.4, 0.5) is 0 Å². The highest BCUT2D eigenvalue weighted by molar-refractivity contribution is 5.45. The fourth-order valence-corrected chi connectivity index (χ4v) is 1.90. The first-order valence-corrected chi connectivity index (χ1v) is 6.78. The molecule has 0 aliphatic rings. The summed E-state index contributed by atoms with van der Waals surface area (Å²) in [5, 5.41) is 8.76. The fourth-order valence-electron chi connectivity index (χ4n) is 1.90. The molecule has 0 saturated heterocycles. The van der Waals surface area contributed by atoms with E-state index in [4.69, 9.17) is 14.6 Å². The summed E-state index contributed by atoms with van der Waals surface area (Å²) in [6, 6.07) is 15.5. The summed E-state index contributed by atoms with van der Waals surface area (Å²) in [4.78, 5) is 0. The summed E-state index contributed by atoms with van der Waals surface area (Å²) in [7, 11) is 1.66. The Kier molecular flexibility index (Phi) is 5.69. The second kappa shape index (κ2) is 7.98. The van der Waals surface area contributed by atoms with Crippen molar-refractivity contribution in [2.75, 3.05) is 20.3 Å². The Morgan fingerprint density at radius 1 is 1.05 bits per heavy atom. The van der Waals surface area contributed by atoms with Gasteiger partial charge >= 0.3 is 0 Å². The van der Waals surface area contributed by atoms with Crippen LogP contribution >= 0.6 is 0 Å². The summed E-state index contributed by atoms with van der Waals surface area (Å²) in [6.45, 7) is 0.421. The second-order valence-electron chi connectivity index (χ2n) is 4.40. The highest BCUT2D eigenvalue weighted by Crippen LogP contribution is 2.17. The van der Waals surface area contributed by atoms with E-state index in [0.717, 1.165) is 23.5 Å². The molecule has 0 aliphatic heterocycles. The van der Waals surface area contributed by atoms with Crippen LogP contribution in [0.15, 0.2) is 48.5 Å². The zero-order valence-electron chi connectivity index (χ0n) is 12.0. The Hall–Kier alpha value is -2.44. The molecule has 0 aliphatic carbocycles. The molecule has 0 heterocycles. The molecule has 0 bridgehead atoms. The number of aliphatic hydroxyl groups is 1. The van der Waals surface area contributed by atoms with Crippen molar-refractivity contribution in [3.05, 3.63) is 59.7 Å². The van der Waals surface area contributed by atoms with Crippen molar-refractivity contribution in [2.24, 2.45) is 0 Å². The van der Waals surface area contributed by atoms with Gasteiger partial charge in [0.05, 0.1) is 19.3 Å². The maximum absolute atomic E-state index is 8.76. The van der Waals surface area contributed by atoms with Gasteiger partial charge in [0, 0.05) is 6.42 Å². The fraction of sp³-hybridized carbons (Fsp3) is 0.222. The normalized spacial score (nSPS) is 9.62. The van der Waals surface area contributed by atoms with Crippen LogP contribution in [-0.2, 0) is 6.42 Å². The molecule has 0 radical (unpaired) electrons. The van der Waals surface area contributed by atoms with Gasteiger partial charge in [-0.15, -0.1) is 0 Å². The minimum atomic E-state index is -0.153. The van der Waals surface area contributed by atoms with Gasteiger partial charge in [0.2, 0.25) is 0 Å². The lowest BCUT2D eigenvalue weighted by molar-refractivity contribution is 0.321. The van der Waals surface area contributed by atoms with Crippen LogP contribution in [0.5, 0.6) is 11.5 Å². The second-order valence-corrected chi connectivity index (χ2v) is 4.40. The van der Waals surface area contributed by atoms with Crippen LogP contribution in [0.1, 0.15) is 11.1 Å². The zero-order chi connectivity index (χ0) is 14.9. The molecule has 2 aromatic carbocycles. The summed E-state index contributed by atoms with van der Waals surface area (Å²) in [6.07, 6.45) is 0.811. The molecule has 0 aromatic heterocycles. The number of aliphatic hydroxyl groups excluding tert-OH is 1. The standard InChI is InChI=1S/C18H18O3/c1-20-17-10-8-15(9-11-17)12-14-21-18-7-3-2-5-16(18)6-4-13-19/h2-3,5,7-11,19H,12-14H2,1H3. The number of hydrogen-bond acceptors (Lipinski definition) is 3. The average molecular weight is 282 g/mol. The van der Waals surface area contributed by atoms with Gasteiger partial charge in [-0.05, 0) is 29.8 Å². The molecule has 0 saturated carbocycles. The molecule has 0 amide bonds. The Labute approximate surface area is 125 Å². The first-order valence-electron chi connectivity index (χ1n) is 6.78. The van der Waals surface area contributed by atoms with E-state index in [-0.39, 0.29) is 6.61 Å². The van der Waals surface area contributed by atoms with Crippen molar-refractivity contribution in [3.63, 3.8) is 0 Å². The molecule has 2 rings (SSSR count). The van der Waals surface area contributed by atoms with Crippen LogP contribution in [0, 0.1) is 11.8 Å². The smallest absolute Gasteiger partial charge is 0.134 e. The summed E-state index contributed by atoms with van der Waals surface area (Å²) < 4.78 is 10.9. The van der Waals surface area contributed by atoms with Gasteiger partial charge in [0.15, 0.2) is 0 Å². The number of ether oxygens (including phenoxy) is 2. The van der Waals surface area contributed by atoms with Crippen molar-refractivity contribution < 1.29 is 14.6 Å². The number of hydrogen-bond donors (Lipinski definition) is 1. The van der Waals surface area contributed by atoms with Crippen LogP contribution in [0.25, 0.3) is 0 Å². The summed E-state index contributed by atoms with van der Waals surface area (Å²) >= 11 is 0. The van der Waals surface area contributed by atoms with E-state index in [1.807, 2.05) is 48.5 Å². The third-order valence-electron chi connectivity index (χ3n) is 3.00. The molecule has 0 unspecified atom stereocenters. The van der Waals surface area contributed by atoms with Gasteiger partial charge in [-0.25, -0.2) is 0 Å². The Morgan fingerprint density at radius 2 is 1.81 bits per heavy atom. The molecule has 1 N–H and O–H groups in total. The molecular weight excluding hydrogens is 264 g/mol. The highest BCUT2D eigenvalue weighted by Gasteiger charge is 2.01. The SMILES string of the molecule is COc1ccc(CCOc2ccccc2C#CCO)cc1. The first kappa shape index (κ1) is 15.0. The van der Waals surface area contributed by atoms with E-state index < -0.39 is 0 Å². The Balaban J connectivity index is 1.93. The topological polar surface area (TPSA) is 38.7 Å². The monoisotopic (exact) mass is 282 g/mol. The number of methoxy groups -OCH3 is 1. The molecule has 0 spiro atoms. The van der Waals surface area contributed by atoms with Gasteiger partial charge in [-0.1, -0.05) is 36.1 Å². The molecule has 0 fully saturated rings. The minimum Gasteiger partial charge on any atom is -0.497 e. The van der Waals surface area contributed by atoms with E-state index in [1.54, 1.807) is 7.11 Å². The van der Waals surface area contributed by atoms with Crippen molar-refractivity contribution in [1.82, 2.24) is 0 Å². The van der Waals surface area contributed by atoms with E-state index in [1.165, 1.54) is 5.56 Å². The summed E-state index contributed by atoms with van der Waals surface area (Å²) in [5.74, 6) is 7.12. The number of benzene rings is 2. The van der Waals surface area contributed by atoms with Crippen LogP contribution in [0.3, 0.4) is 0 Å². The predicted octanol–water partition coefficient (Wildman–Crippen LogP) is 2.66. The molecule has 3 nitrogen and oxygen atoms in total. The molecule has 2 aromatic rings. The van der Waals surface area contributed by atoms with Gasteiger partial charge in [0.25, 0.3) is 0 Å². The van der Waals surface area contributed by atoms with Crippen molar-refractivity contribution in [2.45, 2.75) is 6.42 Å². The van der Waals surface area contributed by atoms with Crippen molar-refractivity contribution >= 4 is 0 Å². The van der Waals surface area contributed by atoms with Gasteiger partial charge in [-0.2, -0.15) is 0 Å². The third kappa shape index (κ3) is 4.55. The lowest BCUT2D eigenvalue weighted by Gasteiger charge is -2.08. The Bertz CT molecular complexity index is 621. The van der Waals surface area contributed by atoms with Gasteiger partial charge in [-0.3, -0.25) is 0 Å². The van der Waals surface area contributed by atoms with Crippen LogP contribution in [-0.4, -0.2) is 25.4 Å². The van der Waals surface area contributed by atoms with E-state index in [9.17, 15) is 0 Å². The van der Waals surface area contributed by atoms with Gasteiger partial charge < -0.3 is 14.6 Å². The maximum Gasteiger partial charge on any atom is 0.134 e. The number of para-hydroxylation sites is 1. The molecule has 3 heteroatoms. The van der Waals surface area contributed by atoms with Crippen LogP contribution < -0.4 is 9.47 Å². The largest absolute Gasteiger partial charge is 0.497 e. The molecular formula is C18H18O3. The highest BCUT2D eigenvalue weighted by atomic mass is 16.5. The van der Waals surface area contributed by atoms with E-state index in [0.29, 0.717) is 6.61 Å². The molecule has 0 atom stereocenters. The Morgan fingerprint density at radius 3 is 2.52 bits per heavy atom. The number of rotatable bonds is 5. The van der Waals surface area contributed by atoms with Crippen molar-refractivity contribution in [3.8, 4) is 23.3 Å². The predicted molar refractivity (Wildman–Crippen MR) is 82.6 cm³/mol. The summed E-state index contributed by atoms with van der Waals surface area (Å²) in [5.41, 5.74) is 1.98. The first-order chi connectivity index (χ1) is 10.3. The zero-order valence-corrected chi connectivity index (χ0v) is 12.0. The lowest BCUT2D eigenvalue weighted by Crippen LogP contribution is -2.02. The van der Waals surface area contributed by atoms with Gasteiger partial charge in [0.1, 0.15) is 18.1 Å². The van der Waals surface area contributed by atoms with E-state index in [2.05, 4.69) is 11.8 Å². The maximum atomic E-state index is 8.76. The average Bonchev–Trinajstić information content (AvgIpc) is 2.54. The lowest BCUT2D eigenvalue weighted by atomic mass is 10.1. The van der Waals surface area contributed by atoms with E-state index >= 15 is 0 Å². The molecule has 21 heavy (non-hydrogen) atoms. The van der Waals surface area contributed by atoms with Crippen molar-refractivity contribution in [1.29, 1.82) is 0 Å².